The number of carbonyl (C=O) groups is 2. The van der Waals surface area contributed by atoms with Crippen LogP contribution >= 0.6 is 0 Å². The predicted molar refractivity (Wildman–Crippen MR) is 94.9 cm³/mol. The van der Waals surface area contributed by atoms with E-state index < -0.39 is 0 Å². The quantitative estimate of drug-likeness (QED) is 0.781. The smallest absolute Gasteiger partial charge is 0.312 e. The van der Waals surface area contributed by atoms with Crippen LogP contribution < -0.4 is 4.90 Å². The van der Waals surface area contributed by atoms with Gasteiger partial charge < -0.3 is 14.7 Å². The van der Waals surface area contributed by atoms with Gasteiger partial charge in [-0.1, -0.05) is 25.1 Å². The molecule has 1 aromatic rings. The van der Waals surface area contributed by atoms with Gasteiger partial charge in [-0.2, -0.15) is 0 Å². The molecule has 0 aromatic heterocycles. The minimum absolute atomic E-state index is 0.237. The topological polar surface area (TPSA) is 43.9 Å². The highest BCUT2D eigenvalue weighted by Gasteiger charge is 2.33. The maximum Gasteiger partial charge on any atom is 0.312 e. The minimum Gasteiger partial charge on any atom is -0.368 e. The highest BCUT2D eigenvalue weighted by atomic mass is 16.2. The summed E-state index contributed by atoms with van der Waals surface area (Å²) < 4.78 is 0. The van der Waals surface area contributed by atoms with Gasteiger partial charge in [-0.15, -0.1) is 0 Å². The Hall–Kier alpha value is -2.04. The molecule has 0 N–H and O–H groups in total. The zero-order valence-corrected chi connectivity index (χ0v) is 14.5. The van der Waals surface area contributed by atoms with E-state index in [2.05, 4.69) is 24.0 Å². The van der Waals surface area contributed by atoms with Crippen LogP contribution in [0.1, 0.15) is 32.6 Å². The van der Waals surface area contributed by atoms with Crippen molar-refractivity contribution < 1.29 is 9.59 Å². The minimum atomic E-state index is -0.317. The van der Waals surface area contributed by atoms with E-state index in [4.69, 9.17) is 0 Å². The second-order valence-electron chi connectivity index (χ2n) is 6.67. The van der Waals surface area contributed by atoms with Crippen molar-refractivity contribution in [2.45, 2.75) is 38.6 Å². The molecule has 0 saturated carbocycles. The molecule has 1 atom stereocenters. The molecular weight excluding hydrogens is 302 g/mol. The summed E-state index contributed by atoms with van der Waals surface area (Å²) in [6, 6.07) is 10.5. The van der Waals surface area contributed by atoms with Crippen molar-refractivity contribution in [3.05, 3.63) is 30.3 Å². The van der Waals surface area contributed by atoms with Gasteiger partial charge in [0.15, 0.2) is 0 Å². The van der Waals surface area contributed by atoms with Crippen molar-refractivity contribution in [2.75, 3.05) is 37.6 Å². The van der Waals surface area contributed by atoms with Gasteiger partial charge >= 0.3 is 11.8 Å². The van der Waals surface area contributed by atoms with Gasteiger partial charge in [0, 0.05) is 44.5 Å². The molecule has 1 aromatic carbocycles. The Balaban J connectivity index is 1.57. The second kappa shape index (κ2) is 7.69. The number of likely N-dealkylation sites (tertiary alicyclic amines) is 1. The Morgan fingerprint density at radius 3 is 2.33 bits per heavy atom. The van der Waals surface area contributed by atoms with Crippen LogP contribution in [-0.2, 0) is 9.59 Å². The third-order valence-corrected chi connectivity index (χ3v) is 5.23. The lowest BCUT2D eigenvalue weighted by atomic mass is 10.00. The first kappa shape index (κ1) is 16.8. The number of para-hydroxylation sites is 1. The number of rotatable bonds is 2. The van der Waals surface area contributed by atoms with Crippen molar-refractivity contribution in [1.82, 2.24) is 9.80 Å². The Morgan fingerprint density at radius 2 is 1.67 bits per heavy atom. The average molecular weight is 329 g/mol. The maximum absolute atomic E-state index is 12.6. The van der Waals surface area contributed by atoms with Crippen molar-refractivity contribution >= 4 is 17.5 Å². The molecular formula is C19H27N3O2. The van der Waals surface area contributed by atoms with Crippen LogP contribution in [0, 0.1) is 0 Å². The molecule has 2 aliphatic heterocycles. The predicted octanol–water partition coefficient (Wildman–Crippen LogP) is 2.13. The number of anilines is 1. The summed E-state index contributed by atoms with van der Waals surface area (Å²) in [5.74, 6) is -0.613. The normalized spacial score (nSPS) is 21.7. The number of piperazine rings is 1. The summed E-state index contributed by atoms with van der Waals surface area (Å²) >= 11 is 0. The summed E-state index contributed by atoms with van der Waals surface area (Å²) in [5.41, 5.74) is 1.18. The molecule has 2 aliphatic rings. The fourth-order valence-corrected chi connectivity index (χ4v) is 3.76. The van der Waals surface area contributed by atoms with E-state index in [0.29, 0.717) is 13.1 Å². The first-order valence-electron chi connectivity index (χ1n) is 9.10. The van der Waals surface area contributed by atoms with Crippen LogP contribution in [0.5, 0.6) is 0 Å². The summed E-state index contributed by atoms with van der Waals surface area (Å²) in [5, 5.41) is 0. The highest BCUT2D eigenvalue weighted by Crippen LogP contribution is 2.21. The molecule has 2 saturated heterocycles. The van der Waals surface area contributed by atoms with E-state index in [1.807, 2.05) is 23.1 Å². The van der Waals surface area contributed by atoms with Gasteiger partial charge in [0.25, 0.3) is 0 Å². The van der Waals surface area contributed by atoms with Gasteiger partial charge in [-0.05, 0) is 37.8 Å². The number of carbonyl (C=O) groups excluding carboxylic acids is 2. The van der Waals surface area contributed by atoms with Crippen molar-refractivity contribution in [3.8, 4) is 0 Å². The third-order valence-electron chi connectivity index (χ3n) is 5.23. The van der Waals surface area contributed by atoms with E-state index in [-0.39, 0.29) is 17.9 Å². The standard InChI is InChI=1S/C19H27N3O2/c1-2-16-8-6-7-11-22(16)19(24)18(23)21-14-12-20(13-15-21)17-9-4-3-5-10-17/h3-5,9-10,16H,2,6-8,11-15H2,1H3. The maximum atomic E-state index is 12.6. The van der Waals surface area contributed by atoms with Gasteiger partial charge in [-0.25, -0.2) is 0 Å². The average Bonchev–Trinajstić information content (AvgIpc) is 2.67. The van der Waals surface area contributed by atoms with Crippen LogP contribution in [0.3, 0.4) is 0 Å². The lowest BCUT2D eigenvalue weighted by Crippen LogP contribution is -2.55. The van der Waals surface area contributed by atoms with Gasteiger partial charge in [-0.3, -0.25) is 9.59 Å². The lowest BCUT2D eigenvalue weighted by Gasteiger charge is -2.39. The Kier molecular flexibility index (Phi) is 5.38. The van der Waals surface area contributed by atoms with Crippen LogP contribution in [0.25, 0.3) is 0 Å². The fraction of sp³-hybridized carbons (Fsp3) is 0.579. The largest absolute Gasteiger partial charge is 0.368 e. The van der Waals surface area contributed by atoms with Gasteiger partial charge in [0.1, 0.15) is 0 Å². The van der Waals surface area contributed by atoms with Crippen LogP contribution in [0.2, 0.25) is 0 Å². The SMILES string of the molecule is CCC1CCCCN1C(=O)C(=O)N1CCN(c2ccccc2)CC1. The van der Waals surface area contributed by atoms with Crippen LogP contribution in [-0.4, -0.2) is 60.4 Å². The molecule has 2 heterocycles. The van der Waals surface area contributed by atoms with Gasteiger partial charge in [0.2, 0.25) is 0 Å². The first-order valence-corrected chi connectivity index (χ1v) is 9.10. The number of nitrogens with zero attached hydrogens (tertiary/aromatic N) is 3. The van der Waals surface area contributed by atoms with Crippen LogP contribution in [0.15, 0.2) is 30.3 Å². The molecule has 1 unspecified atom stereocenters. The Morgan fingerprint density at radius 1 is 0.958 bits per heavy atom. The Bertz CT molecular complexity index is 567. The Labute approximate surface area is 144 Å². The van der Waals surface area contributed by atoms with Crippen molar-refractivity contribution in [2.24, 2.45) is 0 Å². The fourth-order valence-electron chi connectivity index (χ4n) is 3.76. The monoisotopic (exact) mass is 329 g/mol. The number of piperidine rings is 1. The molecule has 130 valence electrons. The molecule has 3 rings (SSSR count). The molecule has 0 aliphatic carbocycles. The zero-order valence-electron chi connectivity index (χ0n) is 14.5. The van der Waals surface area contributed by atoms with Crippen molar-refractivity contribution in [1.29, 1.82) is 0 Å². The molecule has 0 bridgehead atoms. The van der Waals surface area contributed by atoms with E-state index in [9.17, 15) is 9.59 Å². The second-order valence-corrected chi connectivity index (χ2v) is 6.67. The number of benzene rings is 1. The summed E-state index contributed by atoms with van der Waals surface area (Å²) in [6.07, 6.45) is 4.13. The summed E-state index contributed by atoms with van der Waals surface area (Å²) in [7, 11) is 0. The molecule has 0 spiro atoms. The molecule has 2 fully saturated rings. The molecule has 24 heavy (non-hydrogen) atoms. The highest BCUT2D eigenvalue weighted by molar-refractivity contribution is 6.35. The summed E-state index contributed by atoms with van der Waals surface area (Å²) in [6.45, 7) is 5.61. The summed E-state index contributed by atoms with van der Waals surface area (Å²) in [4.78, 5) is 31.1. The number of hydrogen-bond donors (Lipinski definition) is 0. The van der Waals surface area contributed by atoms with Crippen LogP contribution in [0.4, 0.5) is 5.69 Å². The van der Waals surface area contributed by atoms with E-state index in [1.54, 1.807) is 4.90 Å². The molecule has 5 heteroatoms. The zero-order chi connectivity index (χ0) is 16.9. The lowest BCUT2D eigenvalue weighted by molar-refractivity contribution is -0.154. The van der Waals surface area contributed by atoms with Gasteiger partial charge in [0.05, 0.1) is 0 Å². The number of amides is 2. The molecule has 5 nitrogen and oxygen atoms in total. The molecule has 0 radical (unpaired) electrons. The van der Waals surface area contributed by atoms with E-state index >= 15 is 0 Å². The number of hydrogen-bond acceptors (Lipinski definition) is 3. The van der Waals surface area contributed by atoms with E-state index in [1.165, 1.54) is 5.69 Å². The van der Waals surface area contributed by atoms with E-state index in [0.717, 1.165) is 45.3 Å². The molecule has 2 amide bonds. The first-order chi connectivity index (χ1) is 11.7. The van der Waals surface area contributed by atoms with Crippen molar-refractivity contribution in [3.63, 3.8) is 0 Å². The third kappa shape index (κ3) is 3.55.